The zero-order valence-electron chi connectivity index (χ0n) is 25.5. The average Bonchev–Trinajstić information content (AvgIpc) is 3.35. The topological polar surface area (TPSA) is 115 Å². The van der Waals surface area contributed by atoms with Crippen molar-refractivity contribution in [2.24, 2.45) is 4.99 Å². The number of fused-ring (bicyclic) bond motifs is 1. The Hall–Kier alpha value is -5.16. The van der Waals surface area contributed by atoms with Crippen LogP contribution in [0.15, 0.2) is 82.1 Å². The first-order valence-corrected chi connectivity index (χ1v) is 15.1. The predicted molar refractivity (Wildman–Crippen MR) is 170 cm³/mol. The van der Waals surface area contributed by atoms with Crippen molar-refractivity contribution in [2.45, 2.75) is 26.8 Å². The van der Waals surface area contributed by atoms with Crippen LogP contribution in [0.25, 0.3) is 11.8 Å². The Morgan fingerprint density at radius 3 is 2.31 bits per heavy atom. The Bertz CT molecular complexity index is 1960. The molecule has 45 heavy (non-hydrogen) atoms. The molecule has 0 spiro atoms. The molecule has 0 saturated carbocycles. The van der Waals surface area contributed by atoms with E-state index in [1.165, 1.54) is 37.0 Å². The molecule has 1 aliphatic heterocycles. The zero-order valence-corrected chi connectivity index (χ0v) is 26.3. The molecule has 0 aliphatic carbocycles. The third-order valence-electron chi connectivity index (χ3n) is 6.92. The molecular weight excluding hydrogens is 596 g/mol. The fourth-order valence-corrected chi connectivity index (χ4v) is 6.05. The van der Waals surface area contributed by atoms with Crippen molar-refractivity contribution in [1.82, 2.24) is 4.57 Å². The zero-order chi connectivity index (χ0) is 32.1. The molecule has 2 heterocycles. The van der Waals surface area contributed by atoms with Gasteiger partial charge in [-0.1, -0.05) is 53.8 Å². The van der Waals surface area contributed by atoms with Crippen molar-refractivity contribution in [3.63, 3.8) is 0 Å². The highest BCUT2D eigenvalue weighted by molar-refractivity contribution is 7.07. The molecule has 0 N–H and O–H groups in total. The van der Waals surface area contributed by atoms with E-state index in [0.29, 0.717) is 55.6 Å². The van der Waals surface area contributed by atoms with Gasteiger partial charge < -0.3 is 23.7 Å². The minimum atomic E-state index is -0.886. The van der Waals surface area contributed by atoms with E-state index in [0.717, 1.165) is 0 Å². The number of hydrogen-bond acceptors (Lipinski definition) is 10. The van der Waals surface area contributed by atoms with E-state index >= 15 is 0 Å². The van der Waals surface area contributed by atoms with Crippen LogP contribution in [0.5, 0.6) is 23.0 Å². The van der Waals surface area contributed by atoms with Crippen LogP contribution < -0.4 is 33.8 Å². The van der Waals surface area contributed by atoms with Gasteiger partial charge in [-0.15, -0.1) is 0 Å². The summed E-state index contributed by atoms with van der Waals surface area (Å²) in [5.74, 6) is 0.530. The number of aromatic nitrogens is 1. The molecule has 1 atom stereocenters. The number of ether oxygens (including phenoxy) is 5. The highest BCUT2D eigenvalue weighted by Gasteiger charge is 2.35. The molecule has 10 nitrogen and oxygen atoms in total. The Morgan fingerprint density at radius 1 is 0.911 bits per heavy atom. The van der Waals surface area contributed by atoms with Crippen LogP contribution in [-0.2, 0) is 14.3 Å². The number of carbonyl (C=O) groups is 2. The van der Waals surface area contributed by atoms with E-state index in [9.17, 15) is 14.4 Å². The van der Waals surface area contributed by atoms with Gasteiger partial charge in [-0.25, -0.2) is 9.79 Å². The lowest BCUT2D eigenvalue weighted by molar-refractivity contribution is -0.139. The number of rotatable bonds is 10. The van der Waals surface area contributed by atoms with Crippen LogP contribution in [0.2, 0.25) is 0 Å². The second-order valence-electron chi connectivity index (χ2n) is 9.78. The number of hydrogen-bond donors (Lipinski definition) is 0. The standard InChI is InChI=1S/C34H32N2O8S/c1-6-42-27-17-21(13-15-25(27)44-20(3)37)18-28-32(38)36-31(23-14-16-24(40-4)26(19-23)41-5)29(33(39)43-7-2)30(35-34(36)45-28)22-11-9-8-10-12-22/h8-19,31H,6-7H2,1-5H3/b28-18-/t31-/m0/s1. The Morgan fingerprint density at radius 2 is 1.64 bits per heavy atom. The van der Waals surface area contributed by atoms with Crippen LogP contribution in [0.4, 0.5) is 0 Å². The quantitative estimate of drug-likeness (QED) is 0.189. The summed E-state index contributed by atoms with van der Waals surface area (Å²) >= 11 is 1.19. The van der Waals surface area contributed by atoms with Crippen molar-refractivity contribution in [1.29, 1.82) is 0 Å². The van der Waals surface area contributed by atoms with Gasteiger partial charge >= 0.3 is 11.9 Å². The number of thiazole rings is 1. The molecule has 11 heteroatoms. The number of esters is 2. The van der Waals surface area contributed by atoms with E-state index in [1.54, 1.807) is 49.4 Å². The van der Waals surface area contributed by atoms with Gasteiger partial charge in [0.25, 0.3) is 5.56 Å². The number of carbonyl (C=O) groups excluding carboxylic acids is 2. The summed E-state index contributed by atoms with van der Waals surface area (Å²) in [5.41, 5.74) is 2.23. The van der Waals surface area contributed by atoms with Crippen molar-refractivity contribution in [3.8, 4) is 23.0 Å². The van der Waals surface area contributed by atoms with Gasteiger partial charge in [0.2, 0.25) is 0 Å². The highest BCUT2D eigenvalue weighted by atomic mass is 32.1. The van der Waals surface area contributed by atoms with Gasteiger partial charge in [-0.05, 0) is 55.3 Å². The molecule has 0 amide bonds. The molecule has 5 rings (SSSR count). The van der Waals surface area contributed by atoms with Gasteiger partial charge in [0.1, 0.15) is 0 Å². The normalized spacial score (nSPS) is 14.3. The number of nitrogens with zero attached hydrogens (tertiary/aromatic N) is 2. The smallest absolute Gasteiger partial charge is 0.338 e. The monoisotopic (exact) mass is 628 g/mol. The molecule has 0 unspecified atom stereocenters. The summed E-state index contributed by atoms with van der Waals surface area (Å²) in [7, 11) is 3.06. The first-order valence-electron chi connectivity index (χ1n) is 14.2. The molecule has 1 aromatic heterocycles. The number of methoxy groups -OCH3 is 2. The first-order chi connectivity index (χ1) is 21.8. The minimum Gasteiger partial charge on any atom is -0.493 e. The molecular formula is C34H32N2O8S. The maximum atomic E-state index is 14.2. The van der Waals surface area contributed by atoms with Gasteiger partial charge in [0.15, 0.2) is 27.8 Å². The summed E-state index contributed by atoms with van der Waals surface area (Å²) in [6, 6.07) is 18.7. The minimum absolute atomic E-state index is 0.138. The van der Waals surface area contributed by atoms with Gasteiger partial charge in [-0.2, -0.15) is 0 Å². The van der Waals surface area contributed by atoms with Crippen molar-refractivity contribution >= 4 is 35.0 Å². The Kier molecular flexibility index (Phi) is 9.48. The van der Waals surface area contributed by atoms with Crippen LogP contribution in [-0.4, -0.2) is 43.9 Å². The molecule has 4 aromatic rings. The molecule has 232 valence electrons. The Labute approximate surface area is 263 Å². The largest absolute Gasteiger partial charge is 0.493 e. The summed E-state index contributed by atoms with van der Waals surface area (Å²) in [4.78, 5) is 44.8. The van der Waals surface area contributed by atoms with Crippen LogP contribution in [0.1, 0.15) is 43.5 Å². The van der Waals surface area contributed by atoms with Crippen LogP contribution in [0.3, 0.4) is 0 Å². The fraction of sp³-hybridized carbons (Fsp3) is 0.235. The van der Waals surface area contributed by atoms with Crippen molar-refractivity contribution < 1.29 is 33.3 Å². The summed E-state index contributed by atoms with van der Waals surface area (Å²) < 4.78 is 29.4. The lowest BCUT2D eigenvalue weighted by atomic mass is 9.93. The third kappa shape index (κ3) is 6.39. The van der Waals surface area contributed by atoms with Crippen LogP contribution in [0, 0.1) is 0 Å². The Balaban J connectivity index is 1.78. The van der Waals surface area contributed by atoms with E-state index in [4.69, 9.17) is 28.7 Å². The summed E-state index contributed by atoms with van der Waals surface area (Å²) in [6.45, 7) is 5.35. The van der Waals surface area contributed by atoms with Crippen molar-refractivity contribution in [2.75, 3.05) is 27.4 Å². The van der Waals surface area contributed by atoms with E-state index < -0.39 is 18.0 Å². The maximum absolute atomic E-state index is 14.2. The first kappa shape index (κ1) is 31.3. The van der Waals surface area contributed by atoms with Gasteiger partial charge in [0, 0.05) is 12.5 Å². The molecule has 0 bridgehead atoms. The predicted octanol–water partition coefficient (Wildman–Crippen LogP) is 4.28. The fourth-order valence-electron chi connectivity index (χ4n) is 5.05. The SMILES string of the molecule is CCOC(=O)C1=C(c2ccccc2)N=c2s/c(=C\c3ccc(OC(C)=O)c(OCC)c3)c(=O)n2[C@H]1c1ccc(OC)c(OC)c1. The molecule has 0 saturated heterocycles. The lowest BCUT2D eigenvalue weighted by Gasteiger charge is -2.26. The number of benzene rings is 3. The summed E-state index contributed by atoms with van der Waals surface area (Å²) in [6.07, 6.45) is 1.71. The van der Waals surface area contributed by atoms with Gasteiger partial charge in [0.05, 0.1) is 49.3 Å². The molecule has 0 fully saturated rings. The second kappa shape index (κ2) is 13.6. The maximum Gasteiger partial charge on any atom is 0.338 e. The van der Waals surface area contributed by atoms with E-state index in [-0.39, 0.29) is 23.5 Å². The van der Waals surface area contributed by atoms with Crippen molar-refractivity contribution in [3.05, 3.63) is 109 Å². The second-order valence-corrected chi connectivity index (χ2v) is 10.8. The van der Waals surface area contributed by atoms with Gasteiger partial charge in [-0.3, -0.25) is 14.2 Å². The average molecular weight is 629 g/mol. The summed E-state index contributed by atoms with van der Waals surface area (Å²) in [5, 5.41) is 0. The third-order valence-corrected chi connectivity index (χ3v) is 7.90. The molecule has 0 radical (unpaired) electrons. The molecule has 1 aliphatic rings. The van der Waals surface area contributed by atoms with Crippen LogP contribution >= 0.6 is 11.3 Å². The molecule has 3 aromatic carbocycles. The highest BCUT2D eigenvalue weighted by Crippen LogP contribution is 2.38. The lowest BCUT2D eigenvalue weighted by Crippen LogP contribution is -2.40. The van der Waals surface area contributed by atoms with E-state index in [2.05, 4.69) is 0 Å². The van der Waals surface area contributed by atoms with E-state index in [1.807, 2.05) is 37.3 Å².